The summed E-state index contributed by atoms with van der Waals surface area (Å²) >= 11 is 0. The molecule has 0 aliphatic carbocycles. The van der Waals surface area contributed by atoms with Crippen LogP contribution in [0.3, 0.4) is 0 Å². The first-order valence-electron chi connectivity index (χ1n) is 28.0. The van der Waals surface area contributed by atoms with Gasteiger partial charge in [0.1, 0.15) is 13.2 Å². The number of carboxylic acids is 1. The number of unbranched alkanes of at least 4 members (excludes halogenated alkanes) is 10. The SMILES string of the molecule is CC/C=C\C/C=C\C/C=C\C/C=C\C/C=C\C/C=C\C/C=C\CCCCCCCC(=O)OC(COC(=O)CCCCCCC/C=C\C/C=C\C/C=C\C/C=C\C/C=C\CC)COC(OCC[N+](C)(C)C)C(=O)[O-]. The van der Waals surface area contributed by atoms with E-state index in [1.54, 1.807) is 0 Å². The molecule has 0 aromatic heterocycles. The van der Waals surface area contributed by atoms with Crippen LogP contribution < -0.4 is 5.11 Å². The Morgan fingerprint density at radius 1 is 0.411 bits per heavy atom. The first-order chi connectivity index (χ1) is 35.6. The highest BCUT2D eigenvalue weighted by molar-refractivity contribution is 5.70. The summed E-state index contributed by atoms with van der Waals surface area (Å²) in [7, 11) is 5.89. The van der Waals surface area contributed by atoms with Crippen molar-refractivity contribution < 1.29 is 42.9 Å². The second-order valence-corrected chi connectivity index (χ2v) is 19.1. The highest BCUT2D eigenvalue weighted by atomic mass is 16.7. The number of likely N-dealkylation sites (N-methyl/N-ethyl adjacent to an activating group) is 1. The number of hydrogen-bond donors (Lipinski definition) is 0. The zero-order valence-electron chi connectivity index (χ0n) is 46.4. The van der Waals surface area contributed by atoms with Gasteiger partial charge in [0.05, 0.1) is 40.3 Å². The molecule has 0 N–H and O–H groups in total. The lowest BCUT2D eigenvalue weighted by atomic mass is 10.1. The molecule has 0 saturated carbocycles. The van der Waals surface area contributed by atoms with E-state index in [2.05, 4.69) is 160 Å². The van der Waals surface area contributed by atoms with Gasteiger partial charge in [-0.1, -0.05) is 198 Å². The van der Waals surface area contributed by atoms with Crippen LogP contribution >= 0.6 is 0 Å². The fourth-order valence-corrected chi connectivity index (χ4v) is 6.83. The van der Waals surface area contributed by atoms with E-state index in [-0.39, 0.29) is 38.6 Å². The molecule has 9 nitrogen and oxygen atoms in total. The van der Waals surface area contributed by atoms with Crippen molar-refractivity contribution in [2.75, 3.05) is 47.5 Å². The highest BCUT2D eigenvalue weighted by Gasteiger charge is 2.22. The van der Waals surface area contributed by atoms with Crippen LogP contribution in [0, 0.1) is 0 Å². The molecule has 2 atom stereocenters. The minimum absolute atomic E-state index is 0.131. The van der Waals surface area contributed by atoms with E-state index < -0.39 is 24.3 Å². The quantitative estimate of drug-likeness (QED) is 0.0195. The Bertz CT molecular complexity index is 1700. The van der Waals surface area contributed by atoms with Crippen molar-refractivity contribution in [2.24, 2.45) is 0 Å². The van der Waals surface area contributed by atoms with Gasteiger partial charge in [0.15, 0.2) is 12.4 Å². The molecule has 410 valence electrons. The number of aliphatic carboxylic acids is 1. The molecular formula is C64H101NO8. The van der Waals surface area contributed by atoms with Gasteiger partial charge in [-0.15, -0.1) is 0 Å². The molecule has 0 amide bonds. The number of carbonyl (C=O) groups is 3. The second kappa shape index (κ2) is 53.5. The number of carbonyl (C=O) groups excluding carboxylic acids is 3. The van der Waals surface area contributed by atoms with E-state index in [9.17, 15) is 19.5 Å². The molecule has 0 rings (SSSR count). The number of esters is 2. The third-order valence-electron chi connectivity index (χ3n) is 11.1. The molecule has 0 heterocycles. The van der Waals surface area contributed by atoms with Crippen LogP contribution in [-0.4, -0.2) is 82.3 Å². The van der Waals surface area contributed by atoms with E-state index in [1.165, 1.54) is 0 Å². The molecule has 9 heteroatoms. The third kappa shape index (κ3) is 54.8. The topological polar surface area (TPSA) is 111 Å². The van der Waals surface area contributed by atoms with Crippen LogP contribution in [0.5, 0.6) is 0 Å². The van der Waals surface area contributed by atoms with Crippen molar-refractivity contribution in [3.05, 3.63) is 146 Å². The molecule has 0 aromatic rings. The van der Waals surface area contributed by atoms with Crippen molar-refractivity contribution in [2.45, 2.75) is 193 Å². The molecule has 0 spiro atoms. The van der Waals surface area contributed by atoms with Crippen LogP contribution in [0.15, 0.2) is 146 Å². The molecule has 73 heavy (non-hydrogen) atoms. The summed E-state index contributed by atoms with van der Waals surface area (Å²) in [4.78, 5) is 37.3. The van der Waals surface area contributed by atoms with Gasteiger partial charge in [-0.2, -0.15) is 0 Å². The number of rotatable bonds is 49. The molecule has 0 aromatic carbocycles. The number of carboxylic acid groups (broad SMARTS) is 1. The summed E-state index contributed by atoms with van der Waals surface area (Å²) < 4.78 is 22.6. The minimum atomic E-state index is -1.64. The van der Waals surface area contributed by atoms with Gasteiger partial charge in [0.25, 0.3) is 0 Å². The van der Waals surface area contributed by atoms with Gasteiger partial charge in [-0.3, -0.25) is 9.59 Å². The van der Waals surface area contributed by atoms with Gasteiger partial charge in [0, 0.05) is 12.8 Å². The van der Waals surface area contributed by atoms with Crippen molar-refractivity contribution in [3.63, 3.8) is 0 Å². The molecule has 0 aliphatic heterocycles. The van der Waals surface area contributed by atoms with Gasteiger partial charge in [0.2, 0.25) is 0 Å². The highest BCUT2D eigenvalue weighted by Crippen LogP contribution is 2.12. The van der Waals surface area contributed by atoms with Crippen molar-refractivity contribution in [1.82, 2.24) is 0 Å². The van der Waals surface area contributed by atoms with E-state index in [1.807, 2.05) is 21.1 Å². The monoisotopic (exact) mass is 1010 g/mol. The van der Waals surface area contributed by atoms with E-state index >= 15 is 0 Å². The Hall–Kier alpha value is -4.83. The molecule has 0 saturated heterocycles. The standard InChI is InChI=1S/C64H101NO8/c1-6-8-10-12-14-16-18-20-22-24-26-28-29-30-31-32-33-35-37-39-41-43-45-47-49-51-53-55-62(67)73-60(59-72-64(63(68)69)70-57-56-65(3,4)5)58-71-61(66)54-52-50-48-46-44-42-40-38-36-34-27-25-23-21-19-17-15-13-11-9-7-2/h8-11,14-17,20-23,26-28,30-31,33-35,38-41,60,64H,6-7,12-13,18-19,24-25,29,32,36-37,42-59H2,1-5H3/b10-8-,11-9-,16-14-,17-15-,22-20-,23-21-,28-26-,31-30-,34-27-,35-33-,40-38-,41-39-. The van der Waals surface area contributed by atoms with Crippen LogP contribution in [0.4, 0.5) is 0 Å². The van der Waals surface area contributed by atoms with E-state index in [0.717, 1.165) is 141 Å². The lowest BCUT2D eigenvalue weighted by Crippen LogP contribution is -2.44. The zero-order valence-corrected chi connectivity index (χ0v) is 46.4. The Kier molecular flexibility index (Phi) is 49.9. The Balaban J connectivity index is 4.41. The van der Waals surface area contributed by atoms with Crippen molar-refractivity contribution in [1.29, 1.82) is 0 Å². The number of allylic oxidation sites excluding steroid dienone is 24. The maximum absolute atomic E-state index is 12.9. The maximum atomic E-state index is 12.9. The van der Waals surface area contributed by atoms with Crippen LogP contribution in [-0.2, 0) is 33.3 Å². The van der Waals surface area contributed by atoms with Gasteiger partial charge >= 0.3 is 11.9 Å². The second-order valence-electron chi connectivity index (χ2n) is 19.1. The summed E-state index contributed by atoms with van der Waals surface area (Å²) in [5.41, 5.74) is 0. The third-order valence-corrected chi connectivity index (χ3v) is 11.1. The predicted molar refractivity (Wildman–Crippen MR) is 306 cm³/mol. The summed E-state index contributed by atoms with van der Waals surface area (Å²) in [6, 6.07) is 0. The first-order valence-corrected chi connectivity index (χ1v) is 28.0. The average Bonchev–Trinajstić information content (AvgIpc) is 3.36. The van der Waals surface area contributed by atoms with Crippen LogP contribution in [0.25, 0.3) is 0 Å². The smallest absolute Gasteiger partial charge is 0.306 e. The zero-order chi connectivity index (χ0) is 53.4. The average molecular weight is 1010 g/mol. The molecular weight excluding hydrogens is 911 g/mol. The number of quaternary nitrogens is 1. The summed E-state index contributed by atoms with van der Waals surface area (Å²) in [5.74, 6) is -2.36. The van der Waals surface area contributed by atoms with E-state index in [4.69, 9.17) is 18.9 Å². The molecule has 0 bridgehead atoms. The number of hydrogen-bond acceptors (Lipinski definition) is 8. The minimum Gasteiger partial charge on any atom is -0.545 e. The lowest BCUT2D eigenvalue weighted by Gasteiger charge is -2.26. The Morgan fingerprint density at radius 3 is 1.10 bits per heavy atom. The van der Waals surface area contributed by atoms with Crippen LogP contribution in [0.1, 0.15) is 181 Å². The number of ether oxygens (including phenoxy) is 4. The summed E-state index contributed by atoms with van der Waals surface area (Å²) in [6.45, 7) is 4.44. The van der Waals surface area contributed by atoms with Crippen molar-refractivity contribution >= 4 is 17.9 Å². The largest absolute Gasteiger partial charge is 0.545 e. The lowest BCUT2D eigenvalue weighted by molar-refractivity contribution is -0.870. The molecule has 0 aliphatic rings. The Labute approximate surface area is 445 Å². The maximum Gasteiger partial charge on any atom is 0.306 e. The number of nitrogens with zero attached hydrogens (tertiary/aromatic N) is 1. The van der Waals surface area contributed by atoms with Crippen molar-refractivity contribution in [3.8, 4) is 0 Å². The Morgan fingerprint density at radius 2 is 0.740 bits per heavy atom. The van der Waals surface area contributed by atoms with Crippen LogP contribution in [0.2, 0.25) is 0 Å². The van der Waals surface area contributed by atoms with Gasteiger partial charge in [-0.05, 0) is 116 Å². The molecule has 0 radical (unpaired) electrons. The van der Waals surface area contributed by atoms with Gasteiger partial charge < -0.3 is 33.3 Å². The summed E-state index contributed by atoms with van der Waals surface area (Å²) in [5, 5.41) is 11.8. The first kappa shape index (κ1) is 68.2. The fourth-order valence-electron chi connectivity index (χ4n) is 6.83. The van der Waals surface area contributed by atoms with Gasteiger partial charge in [-0.25, -0.2) is 0 Å². The molecule has 2 unspecified atom stereocenters. The normalized spacial score (nSPS) is 13.9. The fraction of sp³-hybridized carbons (Fsp3) is 0.578. The predicted octanol–water partition coefficient (Wildman–Crippen LogP) is 15.1. The molecule has 0 fully saturated rings. The summed E-state index contributed by atoms with van der Waals surface area (Å²) in [6.07, 6.45) is 74.5. The van der Waals surface area contributed by atoms with E-state index in [0.29, 0.717) is 23.9 Å².